The molecule has 8 heteroatoms. The van der Waals surface area contributed by atoms with Gasteiger partial charge in [0, 0.05) is 29.2 Å². The number of aliphatic hydroxyl groups is 1. The van der Waals surface area contributed by atoms with E-state index in [9.17, 15) is 4.79 Å². The molecule has 0 bridgehead atoms. The average molecular weight is 406 g/mol. The number of rotatable bonds is 7. The molecular weight excluding hydrogens is 384 g/mol. The maximum absolute atomic E-state index is 12.1. The van der Waals surface area contributed by atoms with E-state index in [1.54, 1.807) is 17.0 Å². The summed E-state index contributed by atoms with van der Waals surface area (Å²) in [5.41, 5.74) is 3.92. The van der Waals surface area contributed by atoms with Crippen LogP contribution in [-0.2, 0) is 0 Å². The topological polar surface area (TPSA) is 105 Å². The molecule has 2 aromatic heterocycles. The highest BCUT2D eigenvalue weighted by Gasteiger charge is 2.11. The first-order chi connectivity index (χ1) is 14.5. The van der Waals surface area contributed by atoms with Gasteiger partial charge in [-0.25, -0.2) is 9.78 Å². The molecule has 4 aromatic rings. The Balaban J connectivity index is 1.57. The molecule has 8 nitrogen and oxygen atoms in total. The Kier molecular flexibility index (Phi) is 5.40. The van der Waals surface area contributed by atoms with Gasteiger partial charge in [0.2, 0.25) is 0 Å². The highest BCUT2D eigenvalue weighted by molar-refractivity contribution is 5.64. The van der Waals surface area contributed by atoms with Gasteiger partial charge in [-0.05, 0) is 37.6 Å². The molecule has 2 heterocycles. The standard InChI is InChI=1S/C22H22N4O4/c1-14-6-7-18(29-9-8-27)11-19(14)25-21-23-12-20(30-21)16-4-3-5-17(10-16)26-13-15(2)24-22(26)28/h3-7,10-13,27H,8-9H2,1-2H3,(H,23,25)(H,24,28). The van der Waals surface area contributed by atoms with Crippen LogP contribution in [0.5, 0.6) is 5.75 Å². The fourth-order valence-electron chi connectivity index (χ4n) is 3.08. The first-order valence-electron chi connectivity index (χ1n) is 9.50. The summed E-state index contributed by atoms with van der Waals surface area (Å²) in [6.45, 7) is 3.98. The van der Waals surface area contributed by atoms with E-state index in [0.29, 0.717) is 17.5 Å². The molecule has 0 aliphatic rings. The highest BCUT2D eigenvalue weighted by Crippen LogP contribution is 2.28. The number of aryl methyl sites for hydroxylation is 2. The largest absolute Gasteiger partial charge is 0.491 e. The van der Waals surface area contributed by atoms with Gasteiger partial charge in [-0.15, -0.1) is 0 Å². The maximum Gasteiger partial charge on any atom is 0.330 e. The van der Waals surface area contributed by atoms with Crippen LogP contribution < -0.4 is 15.7 Å². The minimum atomic E-state index is -0.191. The van der Waals surface area contributed by atoms with Crippen LogP contribution in [0.2, 0.25) is 0 Å². The lowest BCUT2D eigenvalue weighted by Crippen LogP contribution is -2.13. The quantitative estimate of drug-likeness (QED) is 0.433. The van der Waals surface area contributed by atoms with E-state index in [1.807, 2.05) is 56.3 Å². The van der Waals surface area contributed by atoms with Gasteiger partial charge in [-0.1, -0.05) is 18.2 Å². The summed E-state index contributed by atoms with van der Waals surface area (Å²) in [7, 11) is 0. The molecule has 0 aliphatic carbocycles. The van der Waals surface area contributed by atoms with Crippen molar-refractivity contribution in [3.63, 3.8) is 0 Å². The molecule has 0 saturated carbocycles. The third-order valence-corrected chi connectivity index (χ3v) is 4.57. The zero-order valence-corrected chi connectivity index (χ0v) is 16.7. The van der Waals surface area contributed by atoms with Gasteiger partial charge in [0.1, 0.15) is 12.4 Å². The van der Waals surface area contributed by atoms with E-state index in [0.717, 1.165) is 28.2 Å². The normalized spacial score (nSPS) is 10.9. The van der Waals surface area contributed by atoms with Crippen LogP contribution in [0.15, 0.2) is 64.1 Å². The third kappa shape index (κ3) is 4.13. The number of benzene rings is 2. The molecule has 0 saturated heterocycles. The van der Waals surface area contributed by atoms with Gasteiger partial charge in [0.15, 0.2) is 5.76 Å². The van der Waals surface area contributed by atoms with E-state index in [1.165, 1.54) is 0 Å². The molecule has 30 heavy (non-hydrogen) atoms. The molecule has 0 radical (unpaired) electrons. The highest BCUT2D eigenvalue weighted by atomic mass is 16.5. The van der Waals surface area contributed by atoms with Crippen LogP contribution >= 0.6 is 0 Å². The van der Waals surface area contributed by atoms with Crippen molar-refractivity contribution in [3.05, 3.63) is 76.6 Å². The molecule has 2 aromatic carbocycles. The second-order valence-electron chi connectivity index (χ2n) is 6.87. The summed E-state index contributed by atoms with van der Waals surface area (Å²) in [5, 5.41) is 12.1. The molecule has 0 spiro atoms. The Morgan fingerprint density at radius 2 is 2.10 bits per heavy atom. The van der Waals surface area contributed by atoms with Crippen LogP contribution in [0.4, 0.5) is 11.7 Å². The smallest absolute Gasteiger partial charge is 0.330 e. The number of H-pyrrole nitrogens is 1. The van der Waals surface area contributed by atoms with Crippen molar-refractivity contribution in [3.8, 4) is 22.8 Å². The Hall–Kier alpha value is -3.78. The van der Waals surface area contributed by atoms with E-state index < -0.39 is 0 Å². The molecule has 0 atom stereocenters. The molecule has 3 N–H and O–H groups in total. The lowest BCUT2D eigenvalue weighted by Gasteiger charge is -2.10. The van der Waals surface area contributed by atoms with Crippen molar-refractivity contribution < 1.29 is 14.3 Å². The second kappa shape index (κ2) is 8.30. The average Bonchev–Trinajstić information content (AvgIpc) is 3.34. The van der Waals surface area contributed by atoms with E-state index >= 15 is 0 Å². The molecular formula is C22H22N4O4. The molecule has 0 fully saturated rings. The number of aromatic amines is 1. The molecule has 0 amide bonds. The number of nitrogens with zero attached hydrogens (tertiary/aromatic N) is 2. The van der Waals surface area contributed by atoms with Crippen LogP contribution in [0.1, 0.15) is 11.3 Å². The molecule has 154 valence electrons. The van der Waals surface area contributed by atoms with Crippen LogP contribution in [-0.4, -0.2) is 32.9 Å². The number of hydrogen-bond donors (Lipinski definition) is 3. The van der Waals surface area contributed by atoms with Crippen molar-refractivity contribution in [1.29, 1.82) is 0 Å². The monoisotopic (exact) mass is 406 g/mol. The Morgan fingerprint density at radius 1 is 1.23 bits per heavy atom. The van der Waals surface area contributed by atoms with E-state index in [4.69, 9.17) is 14.3 Å². The summed E-state index contributed by atoms with van der Waals surface area (Å²) in [4.78, 5) is 19.1. The fraction of sp³-hybridized carbons (Fsp3) is 0.182. The minimum absolute atomic E-state index is 0.0484. The van der Waals surface area contributed by atoms with Gasteiger partial charge in [-0.3, -0.25) is 4.57 Å². The summed E-state index contributed by atoms with van der Waals surface area (Å²) in [5.74, 6) is 1.22. The van der Waals surface area contributed by atoms with Crippen LogP contribution in [0, 0.1) is 13.8 Å². The number of aliphatic hydroxyl groups excluding tert-OH is 1. The first kappa shape index (κ1) is 19.5. The number of hydrogen-bond acceptors (Lipinski definition) is 6. The summed E-state index contributed by atoms with van der Waals surface area (Å²) >= 11 is 0. The zero-order valence-electron chi connectivity index (χ0n) is 16.7. The zero-order chi connectivity index (χ0) is 21.1. The van der Waals surface area contributed by atoms with Gasteiger partial charge in [0.25, 0.3) is 6.01 Å². The SMILES string of the molecule is Cc1cn(-c2cccc(-c3cnc(Nc4cc(OCCO)ccc4C)o3)c2)c(=O)[nH]1. The van der Waals surface area contributed by atoms with E-state index in [-0.39, 0.29) is 18.9 Å². The molecule has 0 unspecified atom stereocenters. The summed E-state index contributed by atoms with van der Waals surface area (Å²) < 4.78 is 12.9. The number of nitrogens with one attached hydrogen (secondary N) is 2. The number of anilines is 2. The third-order valence-electron chi connectivity index (χ3n) is 4.57. The second-order valence-corrected chi connectivity index (χ2v) is 6.87. The Bertz CT molecular complexity index is 1220. The van der Waals surface area contributed by atoms with Gasteiger partial charge < -0.3 is 24.6 Å². The van der Waals surface area contributed by atoms with Crippen LogP contribution in [0.3, 0.4) is 0 Å². The minimum Gasteiger partial charge on any atom is -0.491 e. The lowest BCUT2D eigenvalue weighted by atomic mass is 10.1. The van der Waals surface area contributed by atoms with Crippen LogP contribution in [0.25, 0.3) is 17.0 Å². The summed E-state index contributed by atoms with van der Waals surface area (Å²) in [6, 6.07) is 13.4. The predicted octanol–water partition coefficient (Wildman–Crippen LogP) is 3.55. The Morgan fingerprint density at radius 3 is 2.87 bits per heavy atom. The molecule has 0 aliphatic heterocycles. The number of ether oxygens (including phenoxy) is 1. The van der Waals surface area contributed by atoms with Crippen molar-refractivity contribution in [2.24, 2.45) is 0 Å². The number of aromatic nitrogens is 3. The number of oxazole rings is 1. The fourth-order valence-corrected chi connectivity index (χ4v) is 3.08. The van der Waals surface area contributed by atoms with Gasteiger partial charge in [-0.2, -0.15) is 0 Å². The van der Waals surface area contributed by atoms with E-state index in [2.05, 4.69) is 15.3 Å². The predicted molar refractivity (Wildman–Crippen MR) is 114 cm³/mol. The van der Waals surface area contributed by atoms with Gasteiger partial charge in [0.05, 0.1) is 18.5 Å². The van der Waals surface area contributed by atoms with Crippen molar-refractivity contribution in [2.45, 2.75) is 13.8 Å². The maximum atomic E-state index is 12.1. The van der Waals surface area contributed by atoms with Crippen molar-refractivity contribution in [2.75, 3.05) is 18.5 Å². The Labute approximate surface area is 172 Å². The number of imidazole rings is 1. The summed E-state index contributed by atoms with van der Waals surface area (Å²) in [6.07, 6.45) is 3.39. The van der Waals surface area contributed by atoms with Crippen molar-refractivity contribution in [1.82, 2.24) is 14.5 Å². The lowest BCUT2D eigenvalue weighted by molar-refractivity contribution is 0.201. The molecule has 4 rings (SSSR count). The van der Waals surface area contributed by atoms with Gasteiger partial charge >= 0.3 is 5.69 Å². The first-order valence-corrected chi connectivity index (χ1v) is 9.50. The van der Waals surface area contributed by atoms with Crippen molar-refractivity contribution >= 4 is 11.7 Å².